The van der Waals surface area contributed by atoms with Gasteiger partial charge in [0, 0.05) is 38.7 Å². The van der Waals surface area contributed by atoms with Gasteiger partial charge in [-0.1, -0.05) is 25.7 Å². The second kappa shape index (κ2) is 9.87. The molecule has 2 heterocycles. The van der Waals surface area contributed by atoms with E-state index in [0.29, 0.717) is 32.5 Å². The van der Waals surface area contributed by atoms with Crippen molar-refractivity contribution in [2.24, 2.45) is 5.92 Å². The summed E-state index contributed by atoms with van der Waals surface area (Å²) in [6, 6.07) is 0. The van der Waals surface area contributed by atoms with Crippen molar-refractivity contribution >= 4 is 11.8 Å². The third-order valence-corrected chi connectivity index (χ3v) is 6.84. The lowest BCUT2D eigenvalue weighted by Crippen LogP contribution is -2.59. The standard InChI is InChI=1S/C21H37N3O3/c1-27-15-14-23-16-18(8-9-19(23)25)20(26)22-17-21(10-4-2-5-11-21)24-12-6-3-7-13-24/h18H,2-17H2,1H3,(H,22,26). The summed E-state index contributed by atoms with van der Waals surface area (Å²) in [5, 5.41) is 3.30. The van der Waals surface area contributed by atoms with Gasteiger partial charge in [-0.15, -0.1) is 0 Å². The van der Waals surface area contributed by atoms with Crippen molar-refractivity contribution in [3.63, 3.8) is 0 Å². The molecule has 1 atom stereocenters. The number of carbonyl (C=O) groups excluding carboxylic acids is 2. The van der Waals surface area contributed by atoms with Crippen LogP contribution in [0.25, 0.3) is 0 Å². The van der Waals surface area contributed by atoms with E-state index < -0.39 is 0 Å². The largest absolute Gasteiger partial charge is 0.383 e. The lowest BCUT2D eigenvalue weighted by molar-refractivity contribution is -0.139. The smallest absolute Gasteiger partial charge is 0.224 e. The van der Waals surface area contributed by atoms with Gasteiger partial charge in [0.2, 0.25) is 11.8 Å². The maximum Gasteiger partial charge on any atom is 0.224 e. The average molecular weight is 380 g/mol. The fourth-order valence-corrected chi connectivity index (χ4v) is 5.13. The second-order valence-corrected chi connectivity index (χ2v) is 8.62. The molecule has 1 aliphatic carbocycles. The third kappa shape index (κ3) is 5.23. The van der Waals surface area contributed by atoms with E-state index in [4.69, 9.17) is 4.74 Å². The Morgan fingerprint density at radius 3 is 2.56 bits per heavy atom. The number of piperidine rings is 2. The Kier molecular flexibility index (Phi) is 7.53. The molecule has 0 radical (unpaired) electrons. The molecule has 0 bridgehead atoms. The minimum absolute atomic E-state index is 0.0819. The van der Waals surface area contributed by atoms with Gasteiger partial charge in [-0.25, -0.2) is 0 Å². The maximum atomic E-state index is 12.9. The maximum absolute atomic E-state index is 12.9. The number of methoxy groups -OCH3 is 1. The molecule has 1 unspecified atom stereocenters. The number of nitrogens with zero attached hydrogens (tertiary/aromatic N) is 2. The van der Waals surface area contributed by atoms with Crippen LogP contribution in [-0.4, -0.2) is 73.6 Å². The molecular weight excluding hydrogens is 342 g/mol. The molecule has 6 nitrogen and oxygen atoms in total. The molecular formula is C21H37N3O3. The monoisotopic (exact) mass is 379 g/mol. The number of carbonyl (C=O) groups is 2. The van der Waals surface area contributed by atoms with Crippen molar-refractivity contribution in [1.29, 1.82) is 0 Å². The zero-order valence-electron chi connectivity index (χ0n) is 17.0. The van der Waals surface area contributed by atoms with E-state index in [9.17, 15) is 9.59 Å². The SMILES string of the molecule is COCCN1CC(C(=O)NCC2(N3CCCCC3)CCCCC2)CCC1=O. The Hall–Kier alpha value is -1.14. The Labute approximate surface area is 164 Å². The van der Waals surface area contributed by atoms with E-state index >= 15 is 0 Å². The van der Waals surface area contributed by atoms with Crippen molar-refractivity contribution < 1.29 is 14.3 Å². The molecule has 1 saturated carbocycles. The van der Waals surface area contributed by atoms with Gasteiger partial charge in [0.15, 0.2) is 0 Å². The van der Waals surface area contributed by atoms with Gasteiger partial charge in [0.05, 0.1) is 12.5 Å². The first kappa shape index (κ1) is 20.6. The van der Waals surface area contributed by atoms with Crippen molar-refractivity contribution in [3.8, 4) is 0 Å². The summed E-state index contributed by atoms with van der Waals surface area (Å²) >= 11 is 0. The third-order valence-electron chi connectivity index (χ3n) is 6.84. The molecule has 2 aliphatic heterocycles. The van der Waals surface area contributed by atoms with Crippen LogP contribution >= 0.6 is 0 Å². The number of nitrogens with one attached hydrogen (secondary N) is 1. The molecule has 6 heteroatoms. The lowest BCUT2D eigenvalue weighted by atomic mass is 9.79. The summed E-state index contributed by atoms with van der Waals surface area (Å²) < 4.78 is 5.10. The quantitative estimate of drug-likeness (QED) is 0.736. The molecule has 1 N–H and O–H groups in total. The number of rotatable bonds is 7. The van der Waals surface area contributed by atoms with E-state index in [1.54, 1.807) is 12.0 Å². The molecule has 0 aromatic rings. The Bertz CT molecular complexity index is 499. The number of amides is 2. The van der Waals surface area contributed by atoms with Crippen LogP contribution in [-0.2, 0) is 14.3 Å². The zero-order chi connectivity index (χ0) is 19.1. The predicted molar refractivity (Wildman–Crippen MR) is 105 cm³/mol. The number of likely N-dealkylation sites (tertiary alicyclic amines) is 2. The molecule has 27 heavy (non-hydrogen) atoms. The van der Waals surface area contributed by atoms with Gasteiger partial charge in [-0.2, -0.15) is 0 Å². The lowest BCUT2D eigenvalue weighted by Gasteiger charge is -2.48. The van der Waals surface area contributed by atoms with Crippen LogP contribution < -0.4 is 5.32 Å². The summed E-state index contributed by atoms with van der Waals surface area (Å²) in [5.41, 5.74) is 0.161. The van der Waals surface area contributed by atoms with Gasteiger partial charge in [-0.05, 0) is 45.2 Å². The normalized spacial score (nSPS) is 26.8. The van der Waals surface area contributed by atoms with E-state index in [1.165, 1.54) is 64.5 Å². The molecule has 2 saturated heterocycles. The first-order chi connectivity index (χ1) is 13.1. The van der Waals surface area contributed by atoms with Crippen LogP contribution in [0.3, 0.4) is 0 Å². The highest BCUT2D eigenvalue weighted by Crippen LogP contribution is 2.35. The van der Waals surface area contributed by atoms with Gasteiger partial charge in [-0.3, -0.25) is 14.5 Å². The molecule has 3 aliphatic rings. The van der Waals surface area contributed by atoms with Gasteiger partial charge >= 0.3 is 0 Å². The van der Waals surface area contributed by atoms with Crippen LogP contribution in [0.4, 0.5) is 0 Å². The first-order valence-corrected chi connectivity index (χ1v) is 10.9. The van der Waals surface area contributed by atoms with Crippen molar-refractivity contribution in [2.45, 2.75) is 69.7 Å². The average Bonchev–Trinajstić information content (AvgIpc) is 2.73. The second-order valence-electron chi connectivity index (χ2n) is 8.62. The minimum atomic E-state index is -0.0819. The molecule has 3 fully saturated rings. The van der Waals surface area contributed by atoms with Crippen molar-refractivity contribution in [3.05, 3.63) is 0 Å². The fraction of sp³-hybridized carbons (Fsp3) is 0.905. The van der Waals surface area contributed by atoms with E-state index in [0.717, 1.165) is 6.54 Å². The summed E-state index contributed by atoms with van der Waals surface area (Å²) in [7, 11) is 1.64. The Balaban J connectivity index is 1.56. The molecule has 154 valence electrons. The molecule has 0 aromatic heterocycles. The number of hydrogen-bond donors (Lipinski definition) is 1. The van der Waals surface area contributed by atoms with E-state index in [2.05, 4.69) is 10.2 Å². The number of hydrogen-bond acceptors (Lipinski definition) is 4. The predicted octanol–water partition coefficient (Wildman–Crippen LogP) is 2.18. The van der Waals surface area contributed by atoms with Gasteiger partial charge in [0.1, 0.15) is 0 Å². The van der Waals surface area contributed by atoms with Crippen LogP contribution in [0.5, 0.6) is 0 Å². The summed E-state index contributed by atoms with van der Waals surface area (Å²) in [6.45, 7) is 4.77. The summed E-state index contributed by atoms with van der Waals surface area (Å²) in [5.74, 6) is 0.196. The van der Waals surface area contributed by atoms with Crippen LogP contribution in [0.15, 0.2) is 0 Å². The summed E-state index contributed by atoms with van der Waals surface area (Å²) in [6.07, 6.45) is 11.3. The Morgan fingerprint density at radius 1 is 1.15 bits per heavy atom. The molecule has 0 aromatic carbocycles. The Morgan fingerprint density at radius 2 is 1.85 bits per heavy atom. The fourth-order valence-electron chi connectivity index (χ4n) is 5.13. The summed E-state index contributed by atoms with van der Waals surface area (Å²) in [4.78, 5) is 29.4. The highest BCUT2D eigenvalue weighted by molar-refractivity contribution is 5.83. The topological polar surface area (TPSA) is 61.9 Å². The van der Waals surface area contributed by atoms with Gasteiger partial charge < -0.3 is 15.0 Å². The molecule has 0 spiro atoms. The molecule has 2 amide bonds. The molecule has 3 rings (SSSR count). The van der Waals surface area contributed by atoms with Crippen molar-refractivity contribution in [1.82, 2.24) is 15.1 Å². The van der Waals surface area contributed by atoms with Crippen LogP contribution in [0, 0.1) is 5.92 Å². The van der Waals surface area contributed by atoms with Gasteiger partial charge in [0.25, 0.3) is 0 Å². The van der Waals surface area contributed by atoms with E-state index in [-0.39, 0.29) is 23.3 Å². The zero-order valence-corrected chi connectivity index (χ0v) is 17.0. The highest BCUT2D eigenvalue weighted by atomic mass is 16.5. The van der Waals surface area contributed by atoms with E-state index in [1.807, 2.05) is 0 Å². The highest BCUT2D eigenvalue weighted by Gasteiger charge is 2.39. The van der Waals surface area contributed by atoms with Crippen LogP contribution in [0.2, 0.25) is 0 Å². The number of ether oxygens (including phenoxy) is 1. The van der Waals surface area contributed by atoms with Crippen molar-refractivity contribution in [2.75, 3.05) is 46.4 Å². The minimum Gasteiger partial charge on any atom is -0.383 e. The van der Waals surface area contributed by atoms with Crippen LogP contribution in [0.1, 0.15) is 64.2 Å². The first-order valence-electron chi connectivity index (χ1n) is 10.9.